The molecule has 0 bridgehead atoms. The third-order valence-corrected chi connectivity index (χ3v) is 6.18. The molecule has 0 atom stereocenters. The molecule has 0 spiro atoms. The SMILES string of the molecule is Fc1c(F)c(F)c(-c2c(F)c(F)c(F)c(F)c2C(F)(c2c(F)c(F)c(F)c(F)c2F)c2c(F)c(F)c(F)c(F)c2F)c(F)c1F. The van der Waals surface area contributed by atoms with Crippen LogP contribution in [0.15, 0.2) is 0 Å². The second kappa shape index (κ2) is 10.8. The van der Waals surface area contributed by atoms with E-state index in [1.54, 1.807) is 0 Å². The molecule has 0 aliphatic heterocycles. The van der Waals surface area contributed by atoms with E-state index in [9.17, 15) is 74.6 Å². The van der Waals surface area contributed by atoms with E-state index in [-0.39, 0.29) is 0 Å². The zero-order valence-corrected chi connectivity index (χ0v) is 20.1. The third kappa shape index (κ3) is 4.31. The third-order valence-electron chi connectivity index (χ3n) is 6.18. The van der Waals surface area contributed by atoms with Crippen LogP contribution in [0, 0.1) is 111 Å². The lowest BCUT2D eigenvalue weighted by atomic mass is 9.76. The monoisotopic (exact) mass is 680 g/mol. The van der Waals surface area contributed by atoms with Crippen molar-refractivity contribution in [2.75, 3.05) is 0 Å². The van der Waals surface area contributed by atoms with Gasteiger partial charge in [0.2, 0.25) is 23.1 Å². The molecule has 0 aliphatic carbocycles. The minimum atomic E-state index is -6.37. The Labute approximate surface area is 232 Å². The van der Waals surface area contributed by atoms with Gasteiger partial charge in [-0.05, 0) is 0 Å². The van der Waals surface area contributed by atoms with E-state index >= 15 is 13.2 Å². The maximum atomic E-state index is 17.2. The fraction of sp³-hybridized carbons (Fsp3) is 0.0400. The molecule has 0 saturated carbocycles. The fourth-order valence-corrected chi connectivity index (χ4v) is 4.20. The number of halogens is 20. The van der Waals surface area contributed by atoms with Crippen molar-refractivity contribution in [3.8, 4) is 11.1 Å². The van der Waals surface area contributed by atoms with Crippen molar-refractivity contribution in [1.82, 2.24) is 0 Å². The van der Waals surface area contributed by atoms with E-state index < -0.39 is 144 Å². The number of hydrogen-bond acceptors (Lipinski definition) is 0. The second-order valence-electron chi connectivity index (χ2n) is 8.50. The first kappa shape index (κ1) is 33.4. The maximum absolute atomic E-state index is 17.2. The molecule has 0 radical (unpaired) electrons. The first-order valence-electron chi connectivity index (χ1n) is 10.8. The molecule has 4 aromatic carbocycles. The Morgan fingerprint density at radius 2 is 0.378 bits per heavy atom. The molecule has 0 heterocycles. The molecule has 20 heteroatoms. The van der Waals surface area contributed by atoms with E-state index in [0.29, 0.717) is 0 Å². The Morgan fingerprint density at radius 3 is 0.644 bits per heavy atom. The van der Waals surface area contributed by atoms with Crippen LogP contribution in [0.4, 0.5) is 87.8 Å². The molecular formula is C25F20. The van der Waals surface area contributed by atoms with Crippen molar-refractivity contribution in [2.45, 2.75) is 5.67 Å². The number of alkyl halides is 1. The molecule has 0 N–H and O–H groups in total. The van der Waals surface area contributed by atoms with Crippen molar-refractivity contribution < 1.29 is 87.8 Å². The standard InChI is InChI=1S/C25F20/c26-6-1(2-7(27)15(35)22(42)16(36)8(2)28)3(9(29)17(37)14(6)34)25(45,4-10(30)18(38)23(43)19(39)11(4)31)5-12(32)20(40)24(44)21(41)13(5)33. The minimum absolute atomic E-state index is 3.16. The lowest BCUT2D eigenvalue weighted by molar-refractivity contribution is 0.215. The fourth-order valence-electron chi connectivity index (χ4n) is 4.20. The van der Waals surface area contributed by atoms with E-state index in [1.165, 1.54) is 0 Å². The highest BCUT2D eigenvalue weighted by molar-refractivity contribution is 5.74. The van der Waals surface area contributed by atoms with E-state index in [0.717, 1.165) is 0 Å². The highest BCUT2D eigenvalue weighted by atomic mass is 19.2. The van der Waals surface area contributed by atoms with Crippen LogP contribution < -0.4 is 0 Å². The molecule has 0 aliphatic rings. The van der Waals surface area contributed by atoms with Gasteiger partial charge in [-0.25, -0.2) is 87.8 Å². The molecule has 4 aromatic rings. The van der Waals surface area contributed by atoms with Crippen LogP contribution in [0.3, 0.4) is 0 Å². The summed E-state index contributed by atoms with van der Waals surface area (Å²) in [6, 6.07) is 0. The van der Waals surface area contributed by atoms with E-state index in [2.05, 4.69) is 0 Å². The summed E-state index contributed by atoms with van der Waals surface area (Å²) in [6.07, 6.45) is 0. The molecule has 0 nitrogen and oxygen atoms in total. The van der Waals surface area contributed by atoms with Crippen molar-refractivity contribution in [2.24, 2.45) is 0 Å². The number of benzene rings is 4. The molecule has 0 unspecified atom stereocenters. The number of hydrogen-bond donors (Lipinski definition) is 0. The highest BCUT2D eigenvalue weighted by Crippen LogP contribution is 2.53. The topological polar surface area (TPSA) is 0 Å². The van der Waals surface area contributed by atoms with Crippen LogP contribution in [-0.2, 0) is 5.67 Å². The average molecular weight is 680 g/mol. The largest absolute Gasteiger partial charge is 0.227 e. The second-order valence-corrected chi connectivity index (χ2v) is 8.50. The van der Waals surface area contributed by atoms with Gasteiger partial charge in [-0.2, -0.15) is 0 Å². The van der Waals surface area contributed by atoms with Gasteiger partial charge in [-0.3, -0.25) is 0 Å². The van der Waals surface area contributed by atoms with E-state index in [1.807, 2.05) is 0 Å². The maximum Gasteiger partial charge on any atom is 0.201 e. The Hall–Kier alpha value is -4.52. The first-order chi connectivity index (χ1) is 20.7. The summed E-state index contributed by atoms with van der Waals surface area (Å²) in [5.74, 6) is -66.0. The zero-order chi connectivity index (χ0) is 34.4. The Kier molecular flexibility index (Phi) is 8.03. The van der Waals surface area contributed by atoms with Crippen molar-refractivity contribution >= 4 is 0 Å². The lowest BCUT2D eigenvalue weighted by Crippen LogP contribution is -2.35. The van der Waals surface area contributed by atoms with Gasteiger partial charge in [0.05, 0.1) is 16.7 Å². The summed E-state index contributed by atoms with van der Waals surface area (Å²) >= 11 is 0. The Balaban J connectivity index is 2.51. The molecule has 0 amide bonds. The normalized spacial score (nSPS) is 12.0. The average Bonchev–Trinajstić information content (AvgIpc) is 3.00. The van der Waals surface area contributed by atoms with Gasteiger partial charge in [0.1, 0.15) is 0 Å². The molecule has 0 saturated heterocycles. The molecule has 0 aromatic heterocycles. The lowest BCUT2D eigenvalue weighted by Gasteiger charge is -2.31. The van der Waals surface area contributed by atoms with Crippen LogP contribution in [-0.4, -0.2) is 0 Å². The summed E-state index contributed by atoms with van der Waals surface area (Å²) < 4.78 is 291. The van der Waals surface area contributed by atoms with E-state index in [4.69, 9.17) is 0 Å². The predicted octanol–water partition coefficient (Wildman–Crippen LogP) is 9.26. The minimum Gasteiger partial charge on any atom is -0.227 e. The highest BCUT2D eigenvalue weighted by Gasteiger charge is 2.55. The summed E-state index contributed by atoms with van der Waals surface area (Å²) in [5, 5.41) is 0. The van der Waals surface area contributed by atoms with Crippen LogP contribution in [0.5, 0.6) is 0 Å². The van der Waals surface area contributed by atoms with Crippen LogP contribution in [0.25, 0.3) is 11.1 Å². The van der Waals surface area contributed by atoms with Gasteiger partial charge in [0.15, 0.2) is 93.1 Å². The van der Waals surface area contributed by atoms with Gasteiger partial charge in [0.25, 0.3) is 0 Å². The van der Waals surface area contributed by atoms with Crippen molar-refractivity contribution in [3.05, 3.63) is 127 Å². The van der Waals surface area contributed by atoms with Gasteiger partial charge in [-0.15, -0.1) is 0 Å². The summed E-state index contributed by atoms with van der Waals surface area (Å²) in [4.78, 5) is 0. The smallest absolute Gasteiger partial charge is 0.201 e. The molecule has 4 rings (SSSR count). The van der Waals surface area contributed by atoms with Crippen LogP contribution >= 0.6 is 0 Å². The quantitative estimate of drug-likeness (QED) is 0.0873. The Bertz CT molecular complexity index is 1810. The van der Waals surface area contributed by atoms with Crippen LogP contribution in [0.1, 0.15) is 16.7 Å². The summed E-state index contributed by atoms with van der Waals surface area (Å²) in [6.45, 7) is 0. The molecular weight excluding hydrogens is 680 g/mol. The molecule has 240 valence electrons. The summed E-state index contributed by atoms with van der Waals surface area (Å²) in [7, 11) is 0. The van der Waals surface area contributed by atoms with Gasteiger partial charge in [-0.1, -0.05) is 0 Å². The van der Waals surface area contributed by atoms with Gasteiger partial charge < -0.3 is 0 Å². The predicted molar refractivity (Wildman–Crippen MR) is 105 cm³/mol. The molecule has 45 heavy (non-hydrogen) atoms. The zero-order valence-electron chi connectivity index (χ0n) is 20.1. The number of rotatable bonds is 4. The first-order valence-corrected chi connectivity index (χ1v) is 10.8. The van der Waals surface area contributed by atoms with Crippen LogP contribution in [0.2, 0.25) is 0 Å². The van der Waals surface area contributed by atoms with Crippen molar-refractivity contribution in [3.63, 3.8) is 0 Å². The Morgan fingerprint density at radius 1 is 0.200 bits per heavy atom. The molecule has 0 fully saturated rings. The van der Waals surface area contributed by atoms with Gasteiger partial charge >= 0.3 is 0 Å². The summed E-state index contributed by atoms with van der Waals surface area (Å²) in [5.41, 5.74) is -23.8. The van der Waals surface area contributed by atoms with Gasteiger partial charge in [0, 0.05) is 11.1 Å². The van der Waals surface area contributed by atoms with Crippen molar-refractivity contribution in [1.29, 1.82) is 0 Å².